The molecular weight excluding hydrogens is 334 g/mol. The molecule has 0 amide bonds. The van der Waals surface area contributed by atoms with Crippen LogP contribution in [0.2, 0.25) is 0 Å². The highest BCUT2D eigenvalue weighted by Gasteiger charge is 1.99. The second-order valence-electron chi connectivity index (χ2n) is 4.58. The van der Waals surface area contributed by atoms with Crippen molar-refractivity contribution in [3.05, 3.63) is 47.0 Å². The van der Waals surface area contributed by atoms with Crippen LogP contribution in [-0.2, 0) is 17.8 Å². The second-order valence-corrected chi connectivity index (χ2v) is 5.49. The summed E-state index contributed by atoms with van der Waals surface area (Å²) in [6.45, 7) is 3.68. The maximum absolute atomic E-state index is 5.70. The maximum Gasteiger partial charge on any atom is 0.120 e. The highest BCUT2D eigenvalue weighted by molar-refractivity contribution is 9.10. The van der Waals surface area contributed by atoms with Gasteiger partial charge in [-0.2, -0.15) is 0 Å². The Morgan fingerprint density at radius 1 is 1.33 bits per heavy atom. The number of imidazole rings is 1. The Balaban J connectivity index is 1.70. The summed E-state index contributed by atoms with van der Waals surface area (Å²) < 4.78 is 13.7. The molecule has 1 heterocycles. The van der Waals surface area contributed by atoms with E-state index in [2.05, 4.69) is 26.2 Å². The van der Waals surface area contributed by atoms with E-state index in [1.54, 1.807) is 7.11 Å². The Labute approximate surface area is 133 Å². The molecule has 114 valence electrons. The third-order valence-corrected chi connectivity index (χ3v) is 3.38. The van der Waals surface area contributed by atoms with E-state index in [9.17, 15) is 0 Å². The van der Waals surface area contributed by atoms with Gasteiger partial charge >= 0.3 is 0 Å². The molecule has 0 fully saturated rings. The number of ether oxygens (including phenoxy) is 2. The molecule has 0 saturated carbocycles. The summed E-state index contributed by atoms with van der Waals surface area (Å²) in [6, 6.07) is 7.84. The van der Waals surface area contributed by atoms with E-state index in [1.807, 2.05) is 41.4 Å². The van der Waals surface area contributed by atoms with Gasteiger partial charge in [-0.25, -0.2) is 4.98 Å². The van der Waals surface area contributed by atoms with Crippen LogP contribution in [0.4, 0.5) is 0 Å². The smallest absolute Gasteiger partial charge is 0.120 e. The molecule has 2 rings (SSSR count). The third kappa shape index (κ3) is 5.87. The van der Waals surface area contributed by atoms with Crippen LogP contribution in [0.5, 0.6) is 5.75 Å². The van der Waals surface area contributed by atoms with Crippen molar-refractivity contribution in [2.75, 3.05) is 26.9 Å². The molecule has 1 aromatic carbocycles. The number of benzene rings is 1. The molecule has 1 N–H and O–H groups in total. The van der Waals surface area contributed by atoms with Crippen molar-refractivity contribution in [2.45, 2.75) is 13.1 Å². The fourth-order valence-corrected chi connectivity index (χ4v) is 2.21. The Morgan fingerprint density at radius 3 is 3.05 bits per heavy atom. The first-order valence-corrected chi connectivity index (χ1v) is 7.66. The molecule has 0 radical (unpaired) electrons. The van der Waals surface area contributed by atoms with E-state index >= 15 is 0 Å². The van der Waals surface area contributed by atoms with Crippen LogP contribution >= 0.6 is 15.9 Å². The summed E-state index contributed by atoms with van der Waals surface area (Å²) in [5.41, 5.74) is 1.02. The average molecular weight is 354 g/mol. The minimum atomic E-state index is 0.614. The first-order chi connectivity index (χ1) is 10.3. The highest BCUT2D eigenvalue weighted by atomic mass is 79.9. The Hall–Kier alpha value is -1.37. The molecule has 0 aliphatic rings. The Kier molecular flexibility index (Phi) is 6.72. The summed E-state index contributed by atoms with van der Waals surface area (Å²) in [4.78, 5) is 4.35. The van der Waals surface area contributed by atoms with Crippen LogP contribution in [0.1, 0.15) is 5.69 Å². The van der Waals surface area contributed by atoms with Crippen molar-refractivity contribution >= 4 is 15.9 Å². The van der Waals surface area contributed by atoms with Crippen molar-refractivity contribution in [3.8, 4) is 5.75 Å². The van der Waals surface area contributed by atoms with Crippen molar-refractivity contribution in [1.29, 1.82) is 0 Å². The van der Waals surface area contributed by atoms with Crippen molar-refractivity contribution in [3.63, 3.8) is 0 Å². The lowest BCUT2D eigenvalue weighted by atomic mass is 10.3. The zero-order valence-electron chi connectivity index (χ0n) is 12.1. The molecule has 21 heavy (non-hydrogen) atoms. The van der Waals surface area contributed by atoms with E-state index in [-0.39, 0.29) is 0 Å². The lowest BCUT2D eigenvalue weighted by Gasteiger charge is -2.06. The fourth-order valence-electron chi connectivity index (χ4n) is 1.84. The lowest BCUT2D eigenvalue weighted by molar-refractivity contribution is 0.199. The summed E-state index contributed by atoms with van der Waals surface area (Å²) >= 11 is 3.43. The van der Waals surface area contributed by atoms with Gasteiger partial charge in [-0.3, -0.25) is 0 Å². The number of aromatic nitrogens is 2. The minimum absolute atomic E-state index is 0.614. The maximum atomic E-state index is 5.70. The number of hydrogen-bond acceptors (Lipinski definition) is 4. The first kappa shape index (κ1) is 16.0. The lowest BCUT2D eigenvalue weighted by Crippen LogP contribution is -2.18. The van der Waals surface area contributed by atoms with Gasteiger partial charge in [0, 0.05) is 30.9 Å². The third-order valence-electron chi connectivity index (χ3n) is 2.89. The average Bonchev–Trinajstić information content (AvgIpc) is 2.92. The highest BCUT2D eigenvalue weighted by Crippen LogP contribution is 2.17. The number of nitrogens with one attached hydrogen (secondary N) is 1. The van der Waals surface area contributed by atoms with Gasteiger partial charge in [0.05, 0.1) is 25.2 Å². The van der Waals surface area contributed by atoms with Crippen molar-refractivity contribution < 1.29 is 9.47 Å². The summed E-state index contributed by atoms with van der Waals surface area (Å²) in [6.07, 6.45) is 3.86. The molecule has 5 nitrogen and oxygen atoms in total. The predicted molar refractivity (Wildman–Crippen MR) is 85.4 cm³/mol. The van der Waals surface area contributed by atoms with Crippen LogP contribution in [0, 0.1) is 0 Å². The monoisotopic (exact) mass is 353 g/mol. The first-order valence-electron chi connectivity index (χ1n) is 6.86. The summed E-state index contributed by atoms with van der Waals surface area (Å²) in [7, 11) is 1.70. The summed E-state index contributed by atoms with van der Waals surface area (Å²) in [5, 5.41) is 3.27. The van der Waals surface area contributed by atoms with Gasteiger partial charge in [0.2, 0.25) is 0 Å². The van der Waals surface area contributed by atoms with E-state index < -0.39 is 0 Å². The number of hydrogen-bond donors (Lipinski definition) is 1. The van der Waals surface area contributed by atoms with Crippen LogP contribution in [0.25, 0.3) is 0 Å². The van der Waals surface area contributed by atoms with Crippen molar-refractivity contribution in [1.82, 2.24) is 14.9 Å². The molecule has 6 heteroatoms. The SMILES string of the molecule is COCCNCc1cn(CCOc2cccc(Br)c2)cn1. The topological polar surface area (TPSA) is 48.3 Å². The van der Waals surface area contributed by atoms with E-state index in [0.717, 1.165) is 35.6 Å². The van der Waals surface area contributed by atoms with Gasteiger partial charge in [0.1, 0.15) is 12.4 Å². The molecule has 0 aliphatic heterocycles. The van der Waals surface area contributed by atoms with Gasteiger partial charge in [0.15, 0.2) is 0 Å². The molecule has 0 spiro atoms. The molecule has 0 saturated heterocycles. The van der Waals surface area contributed by atoms with Gasteiger partial charge in [0.25, 0.3) is 0 Å². The normalized spacial score (nSPS) is 10.8. The molecule has 0 atom stereocenters. The molecule has 0 bridgehead atoms. The molecule has 1 aromatic heterocycles. The fraction of sp³-hybridized carbons (Fsp3) is 0.400. The van der Waals surface area contributed by atoms with Gasteiger partial charge < -0.3 is 19.4 Å². The van der Waals surface area contributed by atoms with Crippen LogP contribution in [0.3, 0.4) is 0 Å². The zero-order valence-corrected chi connectivity index (χ0v) is 13.7. The summed E-state index contributed by atoms with van der Waals surface area (Å²) in [5.74, 6) is 0.867. The standard InChI is InChI=1S/C15H20BrN3O2/c1-20-7-5-17-10-14-11-19(12-18-14)6-8-21-15-4-2-3-13(16)9-15/h2-4,9,11-12,17H,5-8,10H2,1H3. The Morgan fingerprint density at radius 2 is 2.24 bits per heavy atom. The van der Waals surface area contributed by atoms with Gasteiger partial charge in [-0.05, 0) is 18.2 Å². The van der Waals surface area contributed by atoms with E-state index in [4.69, 9.17) is 9.47 Å². The quantitative estimate of drug-likeness (QED) is 0.703. The molecule has 2 aromatic rings. The van der Waals surface area contributed by atoms with E-state index in [1.165, 1.54) is 0 Å². The molecular formula is C15H20BrN3O2. The van der Waals surface area contributed by atoms with Crippen LogP contribution in [-0.4, -0.2) is 36.4 Å². The van der Waals surface area contributed by atoms with Gasteiger partial charge in [-0.15, -0.1) is 0 Å². The predicted octanol–water partition coefficient (Wildman–Crippen LogP) is 2.46. The van der Waals surface area contributed by atoms with Crippen LogP contribution in [0.15, 0.2) is 41.3 Å². The van der Waals surface area contributed by atoms with E-state index in [0.29, 0.717) is 13.2 Å². The Bertz CT molecular complexity index is 545. The number of methoxy groups -OCH3 is 1. The van der Waals surface area contributed by atoms with Crippen LogP contribution < -0.4 is 10.1 Å². The number of rotatable bonds is 9. The second kappa shape index (κ2) is 8.81. The molecule has 0 aliphatic carbocycles. The zero-order chi connectivity index (χ0) is 14.9. The van der Waals surface area contributed by atoms with Gasteiger partial charge in [-0.1, -0.05) is 22.0 Å². The molecule has 0 unspecified atom stereocenters. The number of halogens is 1. The number of nitrogens with zero attached hydrogens (tertiary/aromatic N) is 2. The minimum Gasteiger partial charge on any atom is -0.492 e. The largest absolute Gasteiger partial charge is 0.492 e. The van der Waals surface area contributed by atoms with Crippen molar-refractivity contribution in [2.24, 2.45) is 0 Å².